The first kappa shape index (κ1) is 20.2. The Labute approximate surface area is 175 Å². The number of hydrogen-bond acceptors (Lipinski definition) is 4. The molecule has 1 saturated carbocycles. The van der Waals surface area contributed by atoms with Crippen molar-refractivity contribution >= 4 is 29.4 Å². The molecule has 2 N–H and O–H groups in total. The van der Waals surface area contributed by atoms with Crippen LogP contribution in [0.2, 0.25) is 5.02 Å². The molecule has 1 aromatic carbocycles. The second kappa shape index (κ2) is 7.95. The van der Waals surface area contributed by atoms with Crippen LogP contribution in [-0.2, 0) is 16.1 Å². The Morgan fingerprint density at radius 3 is 2.45 bits per heavy atom. The highest BCUT2D eigenvalue weighted by Gasteiger charge is 2.56. The lowest BCUT2D eigenvalue weighted by molar-refractivity contribution is -0.135. The minimum absolute atomic E-state index is 0.0690. The van der Waals surface area contributed by atoms with Crippen LogP contribution >= 0.6 is 11.6 Å². The fourth-order valence-corrected chi connectivity index (χ4v) is 4.42. The van der Waals surface area contributed by atoms with E-state index in [1.54, 1.807) is 6.92 Å². The number of amides is 4. The molecular weight excluding hydrogens is 392 g/mol. The molecule has 0 spiro atoms. The Morgan fingerprint density at radius 2 is 1.83 bits per heavy atom. The summed E-state index contributed by atoms with van der Waals surface area (Å²) in [5.41, 5.74) is 0.374. The standard InChI is InChI=1S/C21H27ClN4O3/c1-21(15-4-5-15)19(28)26(20(29)24-21)13-18(27)23-17-8-10-25(11-9-17)12-14-2-6-16(22)7-3-14/h2-3,6-7,15,17H,4-5,8-13H2,1H3,(H,23,27)(H,24,29). The molecule has 0 aromatic heterocycles. The zero-order valence-corrected chi connectivity index (χ0v) is 17.4. The second-order valence-corrected chi connectivity index (χ2v) is 8.98. The first-order chi connectivity index (χ1) is 13.8. The Bertz CT molecular complexity index is 803. The van der Waals surface area contributed by atoms with E-state index in [1.807, 2.05) is 24.3 Å². The maximum Gasteiger partial charge on any atom is 0.325 e. The maximum atomic E-state index is 12.6. The highest BCUT2D eigenvalue weighted by molar-refractivity contribution is 6.30. The summed E-state index contributed by atoms with van der Waals surface area (Å²) in [4.78, 5) is 40.7. The topological polar surface area (TPSA) is 81.8 Å². The maximum absolute atomic E-state index is 12.6. The van der Waals surface area contributed by atoms with Crippen LogP contribution in [0, 0.1) is 5.92 Å². The van der Waals surface area contributed by atoms with Crippen LogP contribution in [0.5, 0.6) is 0 Å². The van der Waals surface area contributed by atoms with Crippen LogP contribution in [0.15, 0.2) is 24.3 Å². The molecule has 29 heavy (non-hydrogen) atoms. The number of imide groups is 1. The molecule has 2 heterocycles. The molecular formula is C21H27ClN4O3. The molecule has 1 aliphatic carbocycles. The predicted octanol–water partition coefficient (Wildman–Crippen LogP) is 2.14. The second-order valence-electron chi connectivity index (χ2n) is 8.54. The molecule has 0 radical (unpaired) electrons. The molecule has 3 aliphatic rings. The first-order valence-electron chi connectivity index (χ1n) is 10.3. The lowest BCUT2D eigenvalue weighted by Gasteiger charge is -2.32. The minimum Gasteiger partial charge on any atom is -0.352 e. The summed E-state index contributed by atoms with van der Waals surface area (Å²) in [7, 11) is 0. The quantitative estimate of drug-likeness (QED) is 0.693. The van der Waals surface area contributed by atoms with Crippen molar-refractivity contribution < 1.29 is 14.4 Å². The molecule has 1 aromatic rings. The van der Waals surface area contributed by atoms with Crippen molar-refractivity contribution in [3.63, 3.8) is 0 Å². The third-order valence-corrected chi connectivity index (χ3v) is 6.52. The highest BCUT2D eigenvalue weighted by atomic mass is 35.5. The summed E-state index contributed by atoms with van der Waals surface area (Å²) >= 11 is 5.93. The van der Waals surface area contributed by atoms with E-state index in [-0.39, 0.29) is 30.3 Å². The van der Waals surface area contributed by atoms with E-state index in [9.17, 15) is 14.4 Å². The van der Waals surface area contributed by atoms with Gasteiger partial charge in [-0.05, 0) is 56.2 Å². The molecule has 7 nitrogen and oxygen atoms in total. The van der Waals surface area contributed by atoms with Gasteiger partial charge in [-0.15, -0.1) is 0 Å². The minimum atomic E-state index is -0.843. The van der Waals surface area contributed by atoms with Gasteiger partial charge in [-0.1, -0.05) is 23.7 Å². The average molecular weight is 419 g/mol. The Balaban J connectivity index is 1.23. The zero-order chi connectivity index (χ0) is 20.6. The van der Waals surface area contributed by atoms with E-state index < -0.39 is 11.6 Å². The van der Waals surface area contributed by atoms with Gasteiger partial charge in [0.2, 0.25) is 5.91 Å². The number of likely N-dealkylation sites (tertiary alicyclic amines) is 1. The summed E-state index contributed by atoms with van der Waals surface area (Å²) in [5, 5.41) is 6.50. The predicted molar refractivity (Wildman–Crippen MR) is 109 cm³/mol. The molecule has 156 valence electrons. The molecule has 3 fully saturated rings. The first-order valence-corrected chi connectivity index (χ1v) is 10.6. The molecule has 8 heteroatoms. The van der Waals surface area contributed by atoms with Crippen LogP contribution in [0.1, 0.15) is 38.2 Å². The lowest BCUT2D eigenvalue weighted by atomic mass is 9.96. The number of piperidine rings is 1. The fourth-order valence-electron chi connectivity index (χ4n) is 4.30. The number of hydrogen-bond donors (Lipinski definition) is 2. The number of carbonyl (C=O) groups is 3. The van der Waals surface area contributed by atoms with E-state index in [2.05, 4.69) is 15.5 Å². The van der Waals surface area contributed by atoms with Gasteiger partial charge in [0.25, 0.3) is 5.91 Å². The van der Waals surface area contributed by atoms with Crippen LogP contribution in [-0.4, -0.2) is 58.9 Å². The monoisotopic (exact) mass is 418 g/mol. The van der Waals surface area contributed by atoms with Gasteiger partial charge in [0, 0.05) is 30.7 Å². The number of benzene rings is 1. The summed E-state index contributed by atoms with van der Waals surface area (Å²) in [6.45, 7) is 4.18. The van der Waals surface area contributed by atoms with Gasteiger partial charge in [-0.2, -0.15) is 0 Å². The molecule has 2 aliphatic heterocycles. The largest absolute Gasteiger partial charge is 0.352 e. The van der Waals surface area contributed by atoms with E-state index in [4.69, 9.17) is 11.6 Å². The van der Waals surface area contributed by atoms with Crippen molar-refractivity contribution in [1.82, 2.24) is 20.4 Å². The van der Waals surface area contributed by atoms with Crippen LogP contribution in [0.25, 0.3) is 0 Å². The van der Waals surface area contributed by atoms with Gasteiger partial charge >= 0.3 is 6.03 Å². The third-order valence-electron chi connectivity index (χ3n) is 6.27. The van der Waals surface area contributed by atoms with E-state index >= 15 is 0 Å². The third kappa shape index (κ3) is 4.41. The van der Waals surface area contributed by atoms with Crippen molar-refractivity contribution in [2.24, 2.45) is 5.92 Å². The van der Waals surface area contributed by atoms with E-state index in [1.165, 1.54) is 5.56 Å². The molecule has 0 bridgehead atoms. The van der Waals surface area contributed by atoms with Crippen LogP contribution in [0.3, 0.4) is 0 Å². The van der Waals surface area contributed by atoms with Crippen LogP contribution in [0.4, 0.5) is 4.79 Å². The Kier molecular flexibility index (Phi) is 5.53. The highest BCUT2D eigenvalue weighted by Crippen LogP contribution is 2.42. The van der Waals surface area contributed by atoms with Gasteiger partial charge in [0.1, 0.15) is 12.1 Å². The van der Waals surface area contributed by atoms with Crippen molar-refractivity contribution in [3.05, 3.63) is 34.9 Å². The molecule has 4 rings (SSSR count). The average Bonchev–Trinajstić information content (AvgIpc) is 3.51. The molecule has 2 saturated heterocycles. The molecule has 1 unspecified atom stereocenters. The van der Waals surface area contributed by atoms with Gasteiger partial charge in [0.05, 0.1) is 0 Å². The van der Waals surface area contributed by atoms with Crippen molar-refractivity contribution in [2.45, 2.75) is 50.7 Å². The summed E-state index contributed by atoms with van der Waals surface area (Å²) in [6.07, 6.45) is 3.58. The van der Waals surface area contributed by atoms with Gasteiger partial charge in [0.15, 0.2) is 0 Å². The smallest absolute Gasteiger partial charge is 0.325 e. The zero-order valence-electron chi connectivity index (χ0n) is 16.6. The van der Waals surface area contributed by atoms with Crippen molar-refractivity contribution in [3.8, 4) is 0 Å². The fraction of sp³-hybridized carbons (Fsp3) is 0.571. The van der Waals surface area contributed by atoms with Gasteiger partial charge in [-0.25, -0.2) is 4.79 Å². The van der Waals surface area contributed by atoms with Gasteiger partial charge in [-0.3, -0.25) is 19.4 Å². The van der Waals surface area contributed by atoms with E-state index in [0.29, 0.717) is 0 Å². The number of nitrogens with one attached hydrogen (secondary N) is 2. The van der Waals surface area contributed by atoms with Crippen molar-refractivity contribution in [1.29, 1.82) is 0 Å². The molecule has 4 amide bonds. The number of halogens is 1. The van der Waals surface area contributed by atoms with Crippen molar-refractivity contribution in [2.75, 3.05) is 19.6 Å². The Morgan fingerprint density at radius 1 is 1.17 bits per heavy atom. The normalized spacial score (nSPS) is 25.9. The number of carbonyl (C=O) groups excluding carboxylic acids is 3. The summed E-state index contributed by atoms with van der Waals surface area (Å²) < 4.78 is 0. The lowest BCUT2D eigenvalue weighted by Crippen LogP contribution is -2.49. The summed E-state index contributed by atoms with van der Waals surface area (Å²) in [6, 6.07) is 7.46. The molecule has 1 atom stereocenters. The van der Waals surface area contributed by atoms with Crippen LogP contribution < -0.4 is 10.6 Å². The number of rotatable bonds is 6. The summed E-state index contributed by atoms with van der Waals surface area (Å²) in [5.74, 6) is -0.361. The number of nitrogens with zero attached hydrogens (tertiary/aromatic N) is 2. The Hall–Kier alpha value is -2.12. The van der Waals surface area contributed by atoms with E-state index in [0.717, 1.165) is 55.2 Å². The van der Waals surface area contributed by atoms with Gasteiger partial charge < -0.3 is 10.6 Å². The number of urea groups is 1. The SMILES string of the molecule is CC1(C2CC2)NC(=O)N(CC(=O)NC2CCN(Cc3ccc(Cl)cc3)CC2)C1=O.